The monoisotopic (exact) mass is 540 g/mol. The van der Waals surface area contributed by atoms with E-state index >= 15 is 0 Å². The van der Waals surface area contributed by atoms with Crippen LogP contribution in [-0.4, -0.2) is 54.0 Å². The molecule has 8 atom stereocenters. The van der Waals surface area contributed by atoms with Crippen LogP contribution < -0.4 is 10.9 Å². The fourth-order valence-electron chi connectivity index (χ4n) is 10.4. The molecule has 2 heterocycles. The Labute approximate surface area is 233 Å². The lowest BCUT2D eigenvalue weighted by Crippen LogP contribution is -2.62. The van der Waals surface area contributed by atoms with Crippen LogP contribution in [0.25, 0.3) is 0 Å². The topological polar surface area (TPSA) is 92.0 Å². The second-order valence-electron chi connectivity index (χ2n) is 13.7. The minimum Gasteiger partial charge on any atom is -0.446 e. The van der Waals surface area contributed by atoms with Crippen LogP contribution in [0.15, 0.2) is 27.6 Å². The zero-order valence-electron chi connectivity index (χ0n) is 24.0. The van der Waals surface area contributed by atoms with Crippen LogP contribution >= 0.6 is 0 Å². The van der Waals surface area contributed by atoms with Gasteiger partial charge >= 0.3 is 11.7 Å². The second-order valence-corrected chi connectivity index (χ2v) is 13.7. The van der Waals surface area contributed by atoms with E-state index in [4.69, 9.17) is 9.15 Å². The van der Waals surface area contributed by atoms with E-state index < -0.39 is 5.60 Å². The molecule has 1 aromatic heterocycles. The van der Waals surface area contributed by atoms with Crippen molar-refractivity contribution in [3.05, 3.63) is 34.4 Å². The number of fused-ring (bicyclic) bond motifs is 5. The van der Waals surface area contributed by atoms with Gasteiger partial charge in [0.2, 0.25) is 0 Å². The van der Waals surface area contributed by atoms with Crippen LogP contribution in [0, 0.1) is 28.6 Å². The lowest BCUT2D eigenvalue weighted by atomic mass is 9.42. The van der Waals surface area contributed by atoms with Gasteiger partial charge in [-0.3, -0.25) is 0 Å². The van der Waals surface area contributed by atoms with Gasteiger partial charge in [-0.05, 0) is 131 Å². The Morgan fingerprint density at radius 1 is 1.10 bits per heavy atom. The number of carbonyl (C=O) groups is 1. The zero-order chi connectivity index (χ0) is 27.3. The van der Waals surface area contributed by atoms with Crippen molar-refractivity contribution < 1.29 is 19.1 Å². The molecule has 1 aliphatic heterocycles. The maximum atomic E-state index is 12.6. The highest BCUT2D eigenvalue weighted by atomic mass is 16.6. The molecular weight excluding hydrogens is 492 g/mol. The Balaban J connectivity index is 1.11. The molecule has 0 spiro atoms. The van der Waals surface area contributed by atoms with Crippen molar-refractivity contribution in [2.45, 2.75) is 109 Å². The summed E-state index contributed by atoms with van der Waals surface area (Å²) in [7, 11) is 0. The number of hydrogen-bond acceptors (Lipinski definition) is 6. The number of ether oxygens (including phenoxy) is 1. The van der Waals surface area contributed by atoms with E-state index in [-0.39, 0.29) is 34.6 Å². The van der Waals surface area contributed by atoms with Gasteiger partial charge in [0.1, 0.15) is 6.10 Å². The Morgan fingerprint density at radius 3 is 2.67 bits per heavy atom. The quantitative estimate of drug-likeness (QED) is 0.498. The van der Waals surface area contributed by atoms with E-state index in [1.54, 1.807) is 6.26 Å². The largest absolute Gasteiger partial charge is 0.446 e. The number of likely N-dealkylation sites (tertiary alicyclic amines) is 1. The SMILES string of the molecule is CCC12CCC3C(CCC4CC(OC(=O)NCCN5CCCC5)CCC43C)C1(O)CCC2c1ccc(=O)oc1. The van der Waals surface area contributed by atoms with Crippen LogP contribution in [0.4, 0.5) is 4.79 Å². The number of amides is 1. The Hall–Kier alpha value is -1.86. The zero-order valence-corrected chi connectivity index (χ0v) is 24.0. The number of nitrogens with one attached hydrogen (secondary N) is 1. The second kappa shape index (κ2) is 10.5. The van der Waals surface area contributed by atoms with E-state index in [1.807, 2.05) is 6.07 Å². The summed E-state index contributed by atoms with van der Waals surface area (Å²) in [5, 5.41) is 15.6. The normalized spacial score (nSPS) is 41.9. The fraction of sp³-hybridized carbons (Fsp3) is 0.812. The number of aliphatic hydroxyl groups is 1. The predicted molar refractivity (Wildman–Crippen MR) is 149 cm³/mol. The molecule has 1 aromatic rings. The van der Waals surface area contributed by atoms with E-state index in [2.05, 4.69) is 24.1 Å². The van der Waals surface area contributed by atoms with Gasteiger partial charge < -0.3 is 24.5 Å². The smallest absolute Gasteiger partial charge is 0.407 e. The van der Waals surface area contributed by atoms with Gasteiger partial charge in [0.15, 0.2) is 0 Å². The molecule has 216 valence electrons. The van der Waals surface area contributed by atoms with E-state index in [0.29, 0.717) is 24.3 Å². The number of nitrogens with zero attached hydrogens (tertiary/aromatic N) is 1. The van der Waals surface area contributed by atoms with Crippen LogP contribution in [-0.2, 0) is 4.74 Å². The number of alkyl carbamates (subject to hydrolysis) is 1. The predicted octanol–water partition coefficient (Wildman–Crippen LogP) is 5.46. The maximum absolute atomic E-state index is 12.6. The van der Waals surface area contributed by atoms with Gasteiger partial charge in [0.05, 0.1) is 11.9 Å². The van der Waals surface area contributed by atoms with Gasteiger partial charge in [-0.2, -0.15) is 0 Å². The van der Waals surface area contributed by atoms with Gasteiger partial charge in [-0.15, -0.1) is 0 Å². The molecule has 8 unspecified atom stereocenters. The summed E-state index contributed by atoms with van der Waals surface area (Å²) < 4.78 is 11.2. The third-order valence-corrected chi connectivity index (χ3v) is 12.4. The number of carbonyl (C=O) groups excluding carboxylic acids is 1. The molecule has 0 bridgehead atoms. The standard InChI is InChI=1S/C32H48N2O5/c1-3-31-14-11-26-27(32(31,37)15-12-25(31)22-6-9-28(35)38-21-22)8-7-23-20-24(10-13-30(23,26)2)39-29(36)33-16-19-34-17-4-5-18-34/h6,9,21,23-27,37H,3-5,7-8,10-20H2,1-2H3,(H,33,36). The summed E-state index contributed by atoms with van der Waals surface area (Å²) in [4.78, 5) is 26.6. The first-order valence-corrected chi connectivity index (χ1v) is 15.8. The number of hydrogen-bond donors (Lipinski definition) is 2. The molecule has 7 heteroatoms. The van der Waals surface area contributed by atoms with Crippen molar-refractivity contribution in [1.29, 1.82) is 0 Å². The lowest BCUT2D eigenvalue weighted by molar-refractivity contribution is -0.211. The van der Waals surface area contributed by atoms with Crippen LogP contribution in [0.3, 0.4) is 0 Å². The molecular formula is C32H48N2O5. The summed E-state index contributed by atoms with van der Waals surface area (Å²) in [6, 6.07) is 3.45. The van der Waals surface area contributed by atoms with Crippen molar-refractivity contribution >= 4 is 6.09 Å². The van der Waals surface area contributed by atoms with Gasteiger partial charge in [-0.25, -0.2) is 9.59 Å². The van der Waals surface area contributed by atoms with Gasteiger partial charge in [0.25, 0.3) is 0 Å². The molecule has 1 saturated heterocycles. The molecule has 0 radical (unpaired) electrons. The van der Waals surface area contributed by atoms with Crippen molar-refractivity contribution in [3.8, 4) is 0 Å². The molecule has 0 aromatic carbocycles. The van der Waals surface area contributed by atoms with Crippen molar-refractivity contribution in [2.24, 2.45) is 28.6 Å². The molecule has 7 nitrogen and oxygen atoms in total. The minimum absolute atomic E-state index is 0.00332. The molecule has 1 amide bonds. The highest BCUT2D eigenvalue weighted by Gasteiger charge is 2.68. The number of rotatable bonds is 6. The first-order valence-electron chi connectivity index (χ1n) is 15.8. The molecule has 6 rings (SSSR count). The molecule has 2 N–H and O–H groups in total. The van der Waals surface area contributed by atoms with Crippen molar-refractivity contribution in [3.63, 3.8) is 0 Å². The molecule has 5 fully saturated rings. The van der Waals surface area contributed by atoms with Crippen LogP contribution in [0.5, 0.6) is 0 Å². The first kappa shape index (κ1) is 27.3. The highest BCUT2D eigenvalue weighted by Crippen LogP contribution is 2.71. The maximum Gasteiger partial charge on any atom is 0.407 e. The van der Waals surface area contributed by atoms with Crippen molar-refractivity contribution in [2.75, 3.05) is 26.2 Å². The Kier molecular flexibility index (Phi) is 7.37. The molecule has 39 heavy (non-hydrogen) atoms. The summed E-state index contributed by atoms with van der Waals surface area (Å²) in [5.74, 6) is 1.58. The van der Waals surface area contributed by atoms with Gasteiger partial charge in [-0.1, -0.05) is 13.8 Å². The fourth-order valence-corrected chi connectivity index (χ4v) is 10.4. The average molecular weight is 541 g/mol. The Morgan fingerprint density at radius 2 is 1.92 bits per heavy atom. The van der Waals surface area contributed by atoms with Crippen LogP contribution in [0.2, 0.25) is 0 Å². The highest BCUT2D eigenvalue weighted by molar-refractivity contribution is 5.67. The minimum atomic E-state index is -0.679. The third kappa shape index (κ3) is 4.56. The summed E-state index contributed by atoms with van der Waals surface area (Å²) in [6.45, 7) is 8.56. The van der Waals surface area contributed by atoms with Gasteiger partial charge in [0, 0.05) is 24.6 Å². The van der Waals surface area contributed by atoms with Crippen LogP contribution in [0.1, 0.15) is 102 Å². The summed E-state index contributed by atoms with van der Waals surface area (Å²) in [6.07, 6.45) is 13.9. The van der Waals surface area contributed by atoms with E-state index in [0.717, 1.165) is 89.4 Å². The third-order valence-electron chi connectivity index (χ3n) is 12.4. The summed E-state index contributed by atoms with van der Waals surface area (Å²) in [5.41, 5.74) is 0.100. The lowest BCUT2D eigenvalue weighted by Gasteiger charge is -2.64. The van der Waals surface area contributed by atoms with E-state index in [9.17, 15) is 14.7 Å². The Bertz CT molecular complexity index is 1080. The van der Waals surface area contributed by atoms with E-state index in [1.165, 1.54) is 18.9 Å². The molecule has 5 aliphatic rings. The summed E-state index contributed by atoms with van der Waals surface area (Å²) >= 11 is 0. The molecule has 4 saturated carbocycles. The average Bonchev–Trinajstić information content (AvgIpc) is 3.55. The molecule has 4 aliphatic carbocycles. The van der Waals surface area contributed by atoms with Crippen molar-refractivity contribution in [1.82, 2.24) is 10.2 Å². The first-order chi connectivity index (χ1) is 18.8.